The molecule has 1 aromatic carbocycles. The zero-order valence-electron chi connectivity index (χ0n) is 16.1. The molecule has 0 heterocycles. The number of hydrogen-bond acceptors (Lipinski definition) is 4. The fraction of sp³-hybridized carbons (Fsp3) is 0.667. The highest BCUT2D eigenvalue weighted by Crippen LogP contribution is 2.40. The minimum atomic E-state index is -0.142. The van der Waals surface area contributed by atoms with Crippen LogP contribution in [0.2, 0.25) is 5.02 Å². The first-order chi connectivity index (χ1) is 12.4. The van der Waals surface area contributed by atoms with Crippen LogP contribution < -0.4 is 0 Å². The maximum atomic E-state index is 11.1. The zero-order chi connectivity index (χ0) is 19.5. The van der Waals surface area contributed by atoms with E-state index < -0.39 is 0 Å². The van der Waals surface area contributed by atoms with Crippen molar-refractivity contribution in [2.24, 2.45) is 5.92 Å². The van der Waals surface area contributed by atoms with Crippen molar-refractivity contribution in [3.05, 3.63) is 21.7 Å². The van der Waals surface area contributed by atoms with E-state index in [0.29, 0.717) is 29.8 Å². The molecule has 148 valence electrons. The third kappa shape index (κ3) is 6.81. The molecule has 0 aromatic heterocycles. The molecule has 0 aliphatic carbocycles. The normalized spacial score (nSPS) is 12.3. The number of phenols is 2. The molecular weight excluding hydrogens is 352 g/mol. The van der Waals surface area contributed by atoms with E-state index in [1.807, 2.05) is 0 Å². The Hall–Kier alpha value is -1.26. The van der Waals surface area contributed by atoms with Crippen molar-refractivity contribution in [1.82, 2.24) is 0 Å². The van der Waals surface area contributed by atoms with E-state index in [0.717, 1.165) is 25.7 Å². The van der Waals surface area contributed by atoms with Gasteiger partial charge in [0.2, 0.25) is 0 Å². The van der Waals surface area contributed by atoms with Gasteiger partial charge in [-0.25, -0.2) is 0 Å². The Bertz CT molecular complexity index is 572. The molecule has 0 bridgehead atoms. The second-order valence-corrected chi connectivity index (χ2v) is 7.68. The molecule has 0 aliphatic heterocycles. The Morgan fingerprint density at radius 1 is 0.962 bits per heavy atom. The monoisotopic (exact) mass is 384 g/mol. The van der Waals surface area contributed by atoms with Gasteiger partial charge in [0.25, 0.3) is 0 Å². The first-order valence-corrected chi connectivity index (χ1v) is 10.1. The van der Waals surface area contributed by atoms with Gasteiger partial charge < -0.3 is 15.3 Å². The van der Waals surface area contributed by atoms with E-state index in [4.69, 9.17) is 16.7 Å². The highest BCUT2D eigenvalue weighted by Gasteiger charge is 2.19. The highest BCUT2D eigenvalue weighted by atomic mass is 35.5. The Balaban J connectivity index is 2.27. The van der Waals surface area contributed by atoms with Crippen LogP contribution in [0, 0.1) is 12.8 Å². The van der Waals surface area contributed by atoms with E-state index in [-0.39, 0.29) is 28.7 Å². The first kappa shape index (κ1) is 22.8. The Kier molecular flexibility index (Phi) is 10.7. The van der Waals surface area contributed by atoms with Crippen molar-refractivity contribution in [1.29, 1.82) is 0 Å². The third-order valence-corrected chi connectivity index (χ3v) is 5.53. The van der Waals surface area contributed by atoms with E-state index in [2.05, 4.69) is 6.92 Å². The van der Waals surface area contributed by atoms with Gasteiger partial charge in [0, 0.05) is 12.2 Å². The topological polar surface area (TPSA) is 77.8 Å². The van der Waals surface area contributed by atoms with Crippen molar-refractivity contribution < 1.29 is 20.1 Å². The summed E-state index contributed by atoms with van der Waals surface area (Å²) in [7, 11) is 0. The summed E-state index contributed by atoms with van der Waals surface area (Å²) >= 11 is 6.06. The summed E-state index contributed by atoms with van der Waals surface area (Å²) in [5, 5.41) is 29.5. The summed E-state index contributed by atoms with van der Waals surface area (Å²) in [5.74, 6) is 0.165. The fourth-order valence-corrected chi connectivity index (χ4v) is 3.42. The molecule has 0 saturated carbocycles. The van der Waals surface area contributed by atoms with Crippen LogP contribution in [0.4, 0.5) is 0 Å². The van der Waals surface area contributed by atoms with E-state index >= 15 is 0 Å². The summed E-state index contributed by atoms with van der Waals surface area (Å²) in [4.78, 5) is 11.1. The number of aliphatic hydroxyl groups is 1. The molecule has 0 radical (unpaired) electrons. The van der Waals surface area contributed by atoms with Gasteiger partial charge in [0.15, 0.2) is 6.29 Å². The molecule has 0 aliphatic rings. The number of unbranched alkanes of at least 4 members (excludes halogenated alkanes) is 7. The molecule has 4 nitrogen and oxygen atoms in total. The maximum absolute atomic E-state index is 11.1. The number of aldehydes is 1. The predicted octanol–water partition coefficient (Wildman–Crippen LogP) is 5.55. The number of halogens is 1. The number of aliphatic hydroxyl groups excluding tert-OH is 1. The first-order valence-electron chi connectivity index (χ1n) is 9.72. The standard InChI is InChI=1S/C21H33ClO4/c1-15(13-23)11-9-7-5-3-4-6-8-10-12-17-20(25)18(14-24)16(2)19(22)21(17)26/h14-15,23,25-26H,3-13H2,1-2H3. The Labute approximate surface area is 162 Å². The summed E-state index contributed by atoms with van der Waals surface area (Å²) in [5.41, 5.74) is 0.952. The van der Waals surface area contributed by atoms with Crippen LogP contribution in [0.3, 0.4) is 0 Å². The van der Waals surface area contributed by atoms with Gasteiger partial charge in [-0.15, -0.1) is 0 Å². The number of rotatable bonds is 13. The van der Waals surface area contributed by atoms with Crippen molar-refractivity contribution in [3.63, 3.8) is 0 Å². The summed E-state index contributed by atoms with van der Waals surface area (Å²) in [6, 6.07) is 0. The fourth-order valence-electron chi connectivity index (χ4n) is 3.21. The molecule has 0 amide bonds. The van der Waals surface area contributed by atoms with Crippen molar-refractivity contribution >= 4 is 17.9 Å². The quantitative estimate of drug-likeness (QED) is 0.307. The molecule has 5 heteroatoms. The molecule has 0 spiro atoms. The Morgan fingerprint density at radius 3 is 2.04 bits per heavy atom. The lowest BCUT2D eigenvalue weighted by molar-refractivity contribution is 0.112. The minimum Gasteiger partial charge on any atom is -0.507 e. The lowest BCUT2D eigenvalue weighted by Gasteiger charge is -2.13. The molecule has 1 atom stereocenters. The van der Waals surface area contributed by atoms with Gasteiger partial charge in [0.05, 0.1) is 10.6 Å². The average Bonchev–Trinajstić information content (AvgIpc) is 2.64. The van der Waals surface area contributed by atoms with Crippen LogP contribution in [-0.4, -0.2) is 28.2 Å². The lowest BCUT2D eigenvalue weighted by atomic mass is 9.97. The van der Waals surface area contributed by atoms with Crippen molar-refractivity contribution in [2.75, 3.05) is 6.61 Å². The number of carbonyl (C=O) groups is 1. The molecule has 3 N–H and O–H groups in total. The van der Waals surface area contributed by atoms with Crippen LogP contribution in [-0.2, 0) is 6.42 Å². The van der Waals surface area contributed by atoms with Gasteiger partial charge in [-0.1, -0.05) is 63.5 Å². The number of hydrogen-bond donors (Lipinski definition) is 3. The zero-order valence-corrected chi connectivity index (χ0v) is 16.8. The average molecular weight is 385 g/mol. The van der Waals surface area contributed by atoms with Gasteiger partial charge >= 0.3 is 0 Å². The van der Waals surface area contributed by atoms with Crippen LogP contribution >= 0.6 is 11.6 Å². The second-order valence-electron chi connectivity index (χ2n) is 7.30. The summed E-state index contributed by atoms with van der Waals surface area (Å²) < 4.78 is 0. The summed E-state index contributed by atoms with van der Waals surface area (Å²) in [6.45, 7) is 3.97. The number of benzene rings is 1. The van der Waals surface area contributed by atoms with Crippen LogP contribution in [0.15, 0.2) is 0 Å². The SMILES string of the molecule is Cc1c(Cl)c(O)c(CCCCCCCCCCC(C)CO)c(O)c1C=O. The van der Waals surface area contributed by atoms with Gasteiger partial charge in [-0.2, -0.15) is 0 Å². The minimum absolute atomic E-state index is 0.107. The summed E-state index contributed by atoms with van der Waals surface area (Å²) in [6.07, 6.45) is 11.2. The highest BCUT2D eigenvalue weighted by molar-refractivity contribution is 6.33. The molecule has 1 rings (SSSR count). The third-order valence-electron chi connectivity index (χ3n) is 5.07. The number of aromatic hydroxyl groups is 2. The number of phenolic OH excluding ortho intramolecular Hbond substituents is 2. The predicted molar refractivity (Wildman–Crippen MR) is 106 cm³/mol. The van der Waals surface area contributed by atoms with Crippen molar-refractivity contribution in [3.8, 4) is 11.5 Å². The molecule has 0 fully saturated rings. The van der Waals surface area contributed by atoms with Gasteiger partial charge in [-0.3, -0.25) is 4.79 Å². The van der Waals surface area contributed by atoms with Gasteiger partial charge in [0.1, 0.15) is 11.5 Å². The molecule has 1 unspecified atom stereocenters. The number of carbonyl (C=O) groups excluding carboxylic acids is 1. The lowest BCUT2D eigenvalue weighted by Crippen LogP contribution is -1.99. The van der Waals surface area contributed by atoms with E-state index in [1.165, 1.54) is 32.1 Å². The van der Waals surface area contributed by atoms with Crippen molar-refractivity contribution in [2.45, 2.75) is 78.1 Å². The van der Waals surface area contributed by atoms with Crippen LogP contribution in [0.25, 0.3) is 0 Å². The van der Waals surface area contributed by atoms with E-state index in [9.17, 15) is 15.0 Å². The van der Waals surface area contributed by atoms with Gasteiger partial charge in [-0.05, 0) is 37.7 Å². The molecule has 0 saturated heterocycles. The van der Waals surface area contributed by atoms with E-state index in [1.54, 1.807) is 6.92 Å². The van der Waals surface area contributed by atoms with Crippen LogP contribution in [0.1, 0.15) is 86.2 Å². The largest absolute Gasteiger partial charge is 0.507 e. The maximum Gasteiger partial charge on any atom is 0.154 e. The second kappa shape index (κ2) is 12.2. The smallest absolute Gasteiger partial charge is 0.154 e. The molecule has 1 aromatic rings. The molecule has 26 heavy (non-hydrogen) atoms. The van der Waals surface area contributed by atoms with Crippen LogP contribution in [0.5, 0.6) is 11.5 Å². The molecular formula is C21H33ClO4. The Morgan fingerprint density at radius 2 is 1.50 bits per heavy atom.